The van der Waals surface area contributed by atoms with Gasteiger partial charge in [0, 0.05) is 6.61 Å². The van der Waals surface area contributed by atoms with Gasteiger partial charge in [0.25, 0.3) is 0 Å². The first-order chi connectivity index (χ1) is 7.24. The zero-order valence-electron chi connectivity index (χ0n) is 8.85. The summed E-state index contributed by atoms with van der Waals surface area (Å²) in [6, 6.07) is 8.89. The van der Waals surface area contributed by atoms with Gasteiger partial charge in [-0.1, -0.05) is 25.1 Å². The number of ether oxygens (including phenoxy) is 1. The third kappa shape index (κ3) is 4.13. The van der Waals surface area contributed by atoms with Gasteiger partial charge in [-0.15, -0.1) is 0 Å². The van der Waals surface area contributed by atoms with Crippen molar-refractivity contribution in [2.45, 2.75) is 13.3 Å². The normalized spacial score (nSPS) is 12.1. The van der Waals surface area contributed by atoms with E-state index in [1.54, 1.807) is 24.3 Å². The molecule has 1 rings (SSSR count). The predicted octanol–water partition coefficient (Wildman–Crippen LogP) is 1.86. The van der Waals surface area contributed by atoms with E-state index in [-0.39, 0.29) is 18.5 Å². The molecule has 0 unspecified atom stereocenters. The summed E-state index contributed by atoms with van der Waals surface area (Å²) in [5, 5.41) is 8.68. The first-order valence-corrected chi connectivity index (χ1v) is 5.07. The summed E-state index contributed by atoms with van der Waals surface area (Å²) in [5.41, 5.74) is 0.564. The maximum atomic E-state index is 11.5. The molecule has 1 atom stereocenters. The molecule has 0 radical (unpaired) electrons. The molecule has 1 N–H and O–H groups in total. The van der Waals surface area contributed by atoms with E-state index in [0.29, 0.717) is 18.6 Å². The largest absolute Gasteiger partial charge is 0.462 e. The molecule has 0 aliphatic heterocycles. The Balaban J connectivity index is 2.37. The van der Waals surface area contributed by atoms with Crippen molar-refractivity contribution >= 4 is 5.97 Å². The van der Waals surface area contributed by atoms with Gasteiger partial charge in [0.2, 0.25) is 0 Å². The Kier molecular flexibility index (Phi) is 4.84. The average Bonchev–Trinajstić information content (AvgIpc) is 2.27. The molecule has 0 saturated carbocycles. The fourth-order valence-corrected chi connectivity index (χ4v) is 1.18. The molecule has 0 amide bonds. The van der Waals surface area contributed by atoms with E-state index in [0.717, 1.165) is 0 Å². The van der Waals surface area contributed by atoms with Gasteiger partial charge in [0.1, 0.15) is 0 Å². The van der Waals surface area contributed by atoms with E-state index < -0.39 is 0 Å². The highest BCUT2D eigenvalue weighted by Gasteiger charge is 2.08. The summed E-state index contributed by atoms with van der Waals surface area (Å²) < 4.78 is 5.09. The quantitative estimate of drug-likeness (QED) is 0.751. The van der Waals surface area contributed by atoms with Crippen molar-refractivity contribution < 1.29 is 14.6 Å². The highest BCUT2D eigenvalue weighted by Crippen LogP contribution is 2.05. The molecule has 3 heteroatoms. The number of aliphatic hydroxyl groups is 1. The summed E-state index contributed by atoms with van der Waals surface area (Å²) >= 11 is 0. The van der Waals surface area contributed by atoms with Gasteiger partial charge in [-0.05, 0) is 24.5 Å². The topological polar surface area (TPSA) is 46.5 Å². The summed E-state index contributed by atoms with van der Waals surface area (Å²) in [4.78, 5) is 11.5. The third-order valence-electron chi connectivity index (χ3n) is 2.13. The highest BCUT2D eigenvalue weighted by molar-refractivity contribution is 5.89. The van der Waals surface area contributed by atoms with E-state index in [4.69, 9.17) is 9.84 Å². The van der Waals surface area contributed by atoms with Crippen molar-refractivity contribution in [1.29, 1.82) is 0 Å². The first-order valence-electron chi connectivity index (χ1n) is 5.07. The minimum Gasteiger partial charge on any atom is -0.462 e. The van der Waals surface area contributed by atoms with Crippen LogP contribution in [-0.4, -0.2) is 24.3 Å². The first kappa shape index (κ1) is 11.7. The lowest BCUT2D eigenvalue weighted by atomic mass is 10.1. The van der Waals surface area contributed by atoms with Gasteiger partial charge < -0.3 is 9.84 Å². The molecular weight excluding hydrogens is 192 g/mol. The molecule has 0 saturated heterocycles. The average molecular weight is 208 g/mol. The fraction of sp³-hybridized carbons (Fsp3) is 0.417. The van der Waals surface area contributed by atoms with Gasteiger partial charge in [-0.3, -0.25) is 0 Å². The molecule has 15 heavy (non-hydrogen) atoms. The summed E-state index contributed by atoms with van der Waals surface area (Å²) in [6.45, 7) is 2.42. The predicted molar refractivity (Wildman–Crippen MR) is 57.6 cm³/mol. The van der Waals surface area contributed by atoms with Crippen LogP contribution in [0.4, 0.5) is 0 Å². The number of esters is 1. The minimum absolute atomic E-state index is 0.129. The molecule has 0 spiro atoms. The van der Waals surface area contributed by atoms with Crippen LogP contribution in [0.1, 0.15) is 23.7 Å². The van der Waals surface area contributed by atoms with Gasteiger partial charge in [0.15, 0.2) is 0 Å². The lowest BCUT2D eigenvalue weighted by Gasteiger charge is -2.10. The van der Waals surface area contributed by atoms with Gasteiger partial charge in [0.05, 0.1) is 12.2 Å². The van der Waals surface area contributed by atoms with Crippen molar-refractivity contribution in [3.63, 3.8) is 0 Å². The maximum absolute atomic E-state index is 11.5. The standard InChI is InChI=1S/C12H16O3/c1-10(7-8-13)9-15-12(14)11-5-3-2-4-6-11/h2-6,10,13H,7-9H2,1H3/t10-/m0/s1. The van der Waals surface area contributed by atoms with Gasteiger partial charge in [-0.25, -0.2) is 4.79 Å². The lowest BCUT2D eigenvalue weighted by Crippen LogP contribution is -2.13. The smallest absolute Gasteiger partial charge is 0.338 e. The van der Waals surface area contributed by atoms with Crippen molar-refractivity contribution in [3.8, 4) is 0 Å². The van der Waals surface area contributed by atoms with E-state index in [1.165, 1.54) is 0 Å². The minimum atomic E-state index is -0.305. The number of carbonyl (C=O) groups is 1. The Morgan fingerprint density at radius 3 is 2.67 bits per heavy atom. The Morgan fingerprint density at radius 2 is 2.07 bits per heavy atom. The molecule has 1 aromatic rings. The lowest BCUT2D eigenvalue weighted by molar-refractivity contribution is 0.0432. The van der Waals surface area contributed by atoms with Crippen molar-refractivity contribution in [2.24, 2.45) is 5.92 Å². The molecule has 1 aromatic carbocycles. The Morgan fingerprint density at radius 1 is 1.40 bits per heavy atom. The van der Waals surface area contributed by atoms with Crippen LogP contribution in [0.25, 0.3) is 0 Å². The third-order valence-corrected chi connectivity index (χ3v) is 2.13. The van der Waals surface area contributed by atoms with Crippen molar-refractivity contribution in [2.75, 3.05) is 13.2 Å². The maximum Gasteiger partial charge on any atom is 0.338 e. The van der Waals surface area contributed by atoms with Crippen LogP contribution in [0.5, 0.6) is 0 Å². The second-order valence-corrected chi connectivity index (χ2v) is 3.58. The number of hydrogen-bond acceptors (Lipinski definition) is 3. The van der Waals surface area contributed by atoms with Crippen LogP contribution in [0.15, 0.2) is 30.3 Å². The van der Waals surface area contributed by atoms with E-state index in [9.17, 15) is 4.79 Å². The molecule has 0 aromatic heterocycles. The van der Waals surface area contributed by atoms with E-state index >= 15 is 0 Å². The second kappa shape index (κ2) is 6.19. The fourth-order valence-electron chi connectivity index (χ4n) is 1.18. The second-order valence-electron chi connectivity index (χ2n) is 3.58. The number of aliphatic hydroxyl groups excluding tert-OH is 1. The molecule has 0 heterocycles. The summed E-state index contributed by atoms with van der Waals surface area (Å²) in [5.74, 6) is -0.108. The molecule has 0 fully saturated rings. The molecule has 3 nitrogen and oxygen atoms in total. The zero-order chi connectivity index (χ0) is 11.1. The van der Waals surface area contributed by atoms with Crippen LogP contribution < -0.4 is 0 Å². The van der Waals surface area contributed by atoms with Gasteiger partial charge >= 0.3 is 5.97 Å². The monoisotopic (exact) mass is 208 g/mol. The summed E-state index contributed by atoms with van der Waals surface area (Å²) in [7, 11) is 0. The molecule has 0 bridgehead atoms. The van der Waals surface area contributed by atoms with Crippen LogP contribution in [-0.2, 0) is 4.74 Å². The number of carbonyl (C=O) groups excluding carboxylic acids is 1. The highest BCUT2D eigenvalue weighted by atomic mass is 16.5. The molecule has 0 aliphatic rings. The summed E-state index contributed by atoms with van der Waals surface area (Å²) in [6.07, 6.45) is 0.655. The van der Waals surface area contributed by atoms with Crippen LogP contribution in [0.3, 0.4) is 0 Å². The van der Waals surface area contributed by atoms with Crippen LogP contribution in [0, 0.1) is 5.92 Å². The Hall–Kier alpha value is -1.35. The van der Waals surface area contributed by atoms with Crippen molar-refractivity contribution in [1.82, 2.24) is 0 Å². The molecule has 82 valence electrons. The van der Waals surface area contributed by atoms with E-state index in [2.05, 4.69) is 0 Å². The molecular formula is C12H16O3. The number of benzene rings is 1. The Bertz CT molecular complexity index is 295. The van der Waals surface area contributed by atoms with Crippen LogP contribution in [0.2, 0.25) is 0 Å². The zero-order valence-corrected chi connectivity index (χ0v) is 8.85. The van der Waals surface area contributed by atoms with Gasteiger partial charge in [-0.2, -0.15) is 0 Å². The SMILES string of the molecule is C[C@@H](CCO)COC(=O)c1ccccc1. The molecule has 0 aliphatic carbocycles. The van der Waals surface area contributed by atoms with Crippen LogP contribution >= 0.6 is 0 Å². The van der Waals surface area contributed by atoms with E-state index in [1.807, 2.05) is 13.0 Å². The van der Waals surface area contributed by atoms with Crippen molar-refractivity contribution in [3.05, 3.63) is 35.9 Å². The number of rotatable bonds is 5. The number of hydrogen-bond donors (Lipinski definition) is 1. The Labute approximate surface area is 89.7 Å².